The van der Waals surface area contributed by atoms with Crippen LogP contribution in [0.2, 0.25) is 0 Å². The number of esters is 2. The fourth-order valence-corrected chi connectivity index (χ4v) is 3.09. The minimum atomic E-state index is -0.417. The summed E-state index contributed by atoms with van der Waals surface area (Å²) in [5, 5.41) is 0. The summed E-state index contributed by atoms with van der Waals surface area (Å²) in [5.41, 5.74) is 2.03. The van der Waals surface area contributed by atoms with Crippen LogP contribution in [0, 0.1) is 0 Å². The fraction of sp³-hybridized carbons (Fsp3) is 0.462. The van der Waals surface area contributed by atoms with Crippen molar-refractivity contribution >= 4 is 11.9 Å². The van der Waals surface area contributed by atoms with Gasteiger partial charge in [0.1, 0.15) is 0 Å². The first-order chi connectivity index (χ1) is 15.5. The van der Waals surface area contributed by atoms with Gasteiger partial charge in [0.05, 0.1) is 18.5 Å². The average molecular weight is 439 g/mol. The minimum Gasteiger partial charge on any atom is -0.463 e. The molecule has 1 atom stereocenters. The number of aromatic nitrogens is 2. The summed E-state index contributed by atoms with van der Waals surface area (Å²) in [4.78, 5) is 31.8. The smallest absolute Gasteiger partial charge is 0.335 e. The number of hydrogen-bond donors (Lipinski definition) is 0. The second-order valence-corrected chi connectivity index (χ2v) is 7.80. The molecular formula is C26H34N2O4. The maximum atomic E-state index is 11.9. The highest BCUT2D eigenvalue weighted by Gasteiger charge is 2.09. The van der Waals surface area contributed by atoms with E-state index in [1.54, 1.807) is 6.92 Å². The van der Waals surface area contributed by atoms with Crippen LogP contribution < -0.4 is 4.74 Å². The molecule has 1 unspecified atom stereocenters. The summed E-state index contributed by atoms with van der Waals surface area (Å²) in [6.07, 6.45) is 13.8. The van der Waals surface area contributed by atoms with E-state index in [1.807, 2.05) is 37.3 Å². The van der Waals surface area contributed by atoms with E-state index >= 15 is 0 Å². The predicted molar refractivity (Wildman–Crippen MR) is 125 cm³/mol. The molecule has 1 aromatic carbocycles. The highest BCUT2D eigenvalue weighted by atomic mass is 16.5. The minimum absolute atomic E-state index is 0.100. The second kappa shape index (κ2) is 14.1. The molecule has 0 spiro atoms. The number of hydrogen-bond acceptors (Lipinski definition) is 6. The fourth-order valence-electron chi connectivity index (χ4n) is 3.09. The zero-order chi connectivity index (χ0) is 23.2. The maximum absolute atomic E-state index is 11.9. The van der Waals surface area contributed by atoms with E-state index < -0.39 is 5.97 Å². The summed E-state index contributed by atoms with van der Waals surface area (Å²) in [6.45, 7) is 5.88. The van der Waals surface area contributed by atoms with E-state index in [2.05, 4.69) is 16.9 Å². The van der Waals surface area contributed by atoms with E-state index in [-0.39, 0.29) is 12.1 Å². The molecule has 172 valence electrons. The Bertz CT molecular complexity index is 860. The van der Waals surface area contributed by atoms with Crippen molar-refractivity contribution in [2.75, 3.05) is 0 Å². The van der Waals surface area contributed by atoms with Crippen molar-refractivity contribution in [1.82, 2.24) is 9.97 Å². The first-order valence-electron chi connectivity index (χ1n) is 11.5. The van der Waals surface area contributed by atoms with Gasteiger partial charge in [0, 0.05) is 18.1 Å². The zero-order valence-electron chi connectivity index (χ0n) is 19.4. The number of carbonyl (C=O) groups excluding carboxylic acids is 2. The van der Waals surface area contributed by atoms with Gasteiger partial charge in [0.25, 0.3) is 0 Å². The zero-order valence-corrected chi connectivity index (χ0v) is 19.4. The molecule has 2 rings (SSSR count). The van der Waals surface area contributed by atoms with Gasteiger partial charge in [-0.05, 0) is 38.2 Å². The van der Waals surface area contributed by atoms with Gasteiger partial charge in [-0.1, -0.05) is 63.5 Å². The quantitative estimate of drug-likeness (QED) is 0.222. The Balaban J connectivity index is 1.81. The standard InChI is InChI=1S/C26H34N2O4/c1-4-6-7-8-9-10-11-25(30)32-23-18-27-26(28-19-23)22-16-14-21(15-17-22)13-12-20(3)31-24(29)5-2/h10-11,14-20H,4-9,12-13H2,1-3H3. The molecule has 0 N–H and O–H groups in total. The number of unbranched alkanes of at least 4 members (excludes halogenated alkanes) is 4. The molecule has 2 aromatic rings. The van der Waals surface area contributed by atoms with Crippen LogP contribution in [0.25, 0.3) is 11.4 Å². The lowest BCUT2D eigenvalue weighted by molar-refractivity contribution is -0.148. The van der Waals surface area contributed by atoms with E-state index in [9.17, 15) is 9.59 Å². The first kappa shape index (κ1) is 25.2. The third-order valence-corrected chi connectivity index (χ3v) is 5.00. The topological polar surface area (TPSA) is 78.4 Å². The van der Waals surface area contributed by atoms with E-state index in [1.165, 1.54) is 37.7 Å². The highest BCUT2D eigenvalue weighted by molar-refractivity contribution is 5.83. The Morgan fingerprint density at radius 1 is 1.03 bits per heavy atom. The van der Waals surface area contributed by atoms with Crippen molar-refractivity contribution in [2.24, 2.45) is 0 Å². The molecule has 0 radical (unpaired) electrons. The van der Waals surface area contributed by atoms with Gasteiger partial charge in [0.15, 0.2) is 11.6 Å². The van der Waals surface area contributed by atoms with Crippen molar-refractivity contribution in [3.05, 3.63) is 54.4 Å². The highest BCUT2D eigenvalue weighted by Crippen LogP contribution is 2.18. The molecule has 0 saturated carbocycles. The monoisotopic (exact) mass is 438 g/mol. The van der Waals surface area contributed by atoms with Crippen LogP contribution in [-0.4, -0.2) is 28.0 Å². The predicted octanol–water partition coefficient (Wildman–Crippen LogP) is 5.85. The van der Waals surface area contributed by atoms with Crippen LogP contribution in [-0.2, 0) is 20.7 Å². The third kappa shape index (κ3) is 9.41. The van der Waals surface area contributed by atoms with Gasteiger partial charge in [-0.15, -0.1) is 0 Å². The number of aryl methyl sites for hydroxylation is 1. The number of carbonyl (C=O) groups is 2. The van der Waals surface area contributed by atoms with Crippen LogP contribution in [0.5, 0.6) is 5.75 Å². The summed E-state index contributed by atoms with van der Waals surface area (Å²) in [6, 6.07) is 7.96. The Morgan fingerprint density at radius 3 is 2.41 bits per heavy atom. The van der Waals surface area contributed by atoms with Gasteiger partial charge in [0.2, 0.25) is 0 Å². The molecule has 0 bridgehead atoms. The van der Waals surface area contributed by atoms with Gasteiger partial charge in [-0.2, -0.15) is 0 Å². The number of benzene rings is 1. The number of rotatable bonds is 13. The van der Waals surface area contributed by atoms with Gasteiger partial charge in [-0.3, -0.25) is 4.79 Å². The summed E-state index contributed by atoms with van der Waals surface area (Å²) >= 11 is 0. The van der Waals surface area contributed by atoms with Gasteiger partial charge in [-0.25, -0.2) is 14.8 Å². The normalized spacial score (nSPS) is 12.0. The van der Waals surface area contributed by atoms with Crippen molar-refractivity contribution in [1.29, 1.82) is 0 Å². The van der Waals surface area contributed by atoms with E-state index in [0.717, 1.165) is 36.8 Å². The molecule has 0 aliphatic heterocycles. The van der Waals surface area contributed by atoms with Gasteiger partial charge < -0.3 is 9.47 Å². The molecule has 0 aliphatic rings. The van der Waals surface area contributed by atoms with Crippen LogP contribution in [0.4, 0.5) is 0 Å². The van der Waals surface area contributed by atoms with Crippen LogP contribution in [0.15, 0.2) is 48.8 Å². The second-order valence-electron chi connectivity index (χ2n) is 7.80. The van der Waals surface area contributed by atoms with Crippen LogP contribution >= 0.6 is 0 Å². The molecule has 0 fully saturated rings. The third-order valence-electron chi connectivity index (χ3n) is 5.00. The Kier molecular flexibility index (Phi) is 11.1. The number of allylic oxidation sites excluding steroid dienone is 1. The summed E-state index contributed by atoms with van der Waals surface area (Å²) in [7, 11) is 0. The largest absolute Gasteiger partial charge is 0.463 e. The van der Waals surface area contributed by atoms with Crippen LogP contribution in [0.1, 0.15) is 71.3 Å². The van der Waals surface area contributed by atoms with E-state index in [4.69, 9.17) is 9.47 Å². The molecule has 0 amide bonds. The lowest BCUT2D eigenvalue weighted by atomic mass is 10.1. The van der Waals surface area contributed by atoms with E-state index in [0.29, 0.717) is 18.0 Å². The molecule has 32 heavy (non-hydrogen) atoms. The summed E-state index contributed by atoms with van der Waals surface area (Å²) in [5.74, 6) is 0.298. The Labute approximate surface area is 191 Å². The average Bonchev–Trinajstić information content (AvgIpc) is 2.81. The Hall–Kier alpha value is -3.02. The molecule has 0 saturated heterocycles. The molecule has 1 heterocycles. The number of ether oxygens (including phenoxy) is 2. The molecule has 6 heteroatoms. The summed E-state index contributed by atoms with van der Waals surface area (Å²) < 4.78 is 10.6. The number of nitrogens with zero attached hydrogens (tertiary/aromatic N) is 2. The molecular weight excluding hydrogens is 404 g/mol. The first-order valence-corrected chi connectivity index (χ1v) is 11.5. The van der Waals surface area contributed by atoms with Crippen molar-refractivity contribution in [3.63, 3.8) is 0 Å². The van der Waals surface area contributed by atoms with Gasteiger partial charge >= 0.3 is 11.9 Å². The van der Waals surface area contributed by atoms with Crippen LogP contribution in [0.3, 0.4) is 0 Å². The molecule has 0 aliphatic carbocycles. The van der Waals surface area contributed by atoms with Crippen molar-refractivity contribution < 1.29 is 19.1 Å². The van der Waals surface area contributed by atoms with Crippen molar-refractivity contribution in [2.45, 2.75) is 78.2 Å². The lowest BCUT2D eigenvalue weighted by Crippen LogP contribution is -2.14. The molecule has 6 nitrogen and oxygen atoms in total. The lowest BCUT2D eigenvalue weighted by Gasteiger charge is -2.12. The maximum Gasteiger partial charge on any atom is 0.335 e. The molecule has 1 aromatic heterocycles. The Morgan fingerprint density at radius 2 is 1.75 bits per heavy atom. The SMILES string of the molecule is CCCCCCC=CC(=O)Oc1cnc(-c2ccc(CCC(C)OC(=O)CC)cc2)nc1. The van der Waals surface area contributed by atoms with Crippen molar-refractivity contribution in [3.8, 4) is 17.1 Å².